The van der Waals surface area contributed by atoms with Crippen molar-refractivity contribution in [3.05, 3.63) is 0 Å². The van der Waals surface area contributed by atoms with E-state index in [-0.39, 0.29) is 5.91 Å². The predicted octanol–water partition coefficient (Wildman–Crippen LogP) is -0.863. The fourth-order valence-electron chi connectivity index (χ4n) is 1.93. The van der Waals surface area contributed by atoms with Gasteiger partial charge in [0.1, 0.15) is 0 Å². The van der Waals surface area contributed by atoms with Crippen LogP contribution in [0, 0.1) is 0 Å². The van der Waals surface area contributed by atoms with Crippen LogP contribution in [0.1, 0.15) is 6.92 Å². The number of hydrogen-bond acceptors (Lipinski definition) is 2. The number of hydrogen-bond donors (Lipinski definition) is 0. The molecule has 2 aliphatic heterocycles. The van der Waals surface area contributed by atoms with Crippen molar-refractivity contribution in [1.29, 1.82) is 0 Å². The smallest absolute Gasteiger partial charge is 0.219 e. The van der Waals surface area contributed by atoms with Crippen molar-refractivity contribution in [2.45, 2.75) is 13.0 Å². The zero-order valence-corrected chi connectivity index (χ0v) is 8.07. The fourth-order valence-corrected chi connectivity index (χ4v) is 1.93. The molecule has 0 N–H and O–H groups in total. The Morgan fingerprint density at radius 3 is 2.46 bits per heavy atom. The Bertz CT molecular complexity index is 195. The van der Waals surface area contributed by atoms with E-state index >= 15 is 0 Å². The highest BCUT2D eigenvalue weighted by atomic mass is 16.2. The second kappa shape index (κ2) is 3.64. The number of amides is 1. The van der Waals surface area contributed by atoms with E-state index in [0.29, 0.717) is 6.04 Å². The molecular weight excluding hydrogens is 166 g/mol. The van der Waals surface area contributed by atoms with Gasteiger partial charge in [-0.05, 0) is 0 Å². The van der Waals surface area contributed by atoms with Crippen LogP contribution in [0.15, 0.2) is 0 Å². The van der Waals surface area contributed by atoms with E-state index in [0.717, 1.165) is 39.3 Å². The summed E-state index contributed by atoms with van der Waals surface area (Å²) in [7, 11) is 0. The molecule has 0 aromatic heterocycles. The van der Waals surface area contributed by atoms with Gasteiger partial charge in [0.15, 0.2) is 0 Å². The summed E-state index contributed by atoms with van der Waals surface area (Å²) in [5.74, 6) is 0.206. The summed E-state index contributed by atoms with van der Waals surface area (Å²) in [6.07, 6.45) is 0. The van der Waals surface area contributed by atoms with Crippen LogP contribution in [-0.2, 0) is 4.79 Å². The number of piperazine rings is 1. The first-order valence-electron chi connectivity index (χ1n) is 4.90. The molecule has 2 aliphatic rings. The molecule has 0 aliphatic carbocycles. The van der Waals surface area contributed by atoms with Crippen LogP contribution in [0.25, 0.3) is 0 Å². The van der Waals surface area contributed by atoms with E-state index < -0.39 is 0 Å². The van der Waals surface area contributed by atoms with Gasteiger partial charge in [0, 0.05) is 52.2 Å². The fraction of sp³-hybridized carbons (Fsp3) is 0.889. The van der Waals surface area contributed by atoms with Gasteiger partial charge >= 0.3 is 0 Å². The van der Waals surface area contributed by atoms with Crippen molar-refractivity contribution < 1.29 is 4.79 Å². The quantitative estimate of drug-likeness (QED) is 0.529. The first-order chi connectivity index (χ1) is 6.27. The number of carbonyl (C=O) groups excluding carboxylic acids is 1. The molecule has 4 nitrogen and oxygen atoms in total. The van der Waals surface area contributed by atoms with Crippen molar-refractivity contribution >= 4 is 5.91 Å². The molecule has 1 amide bonds. The Labute approximate surface area is 78.9 Å². The third kappa shape index (κ3) is 1.84. The van der Waals surface area contributed by atoms with Gasteiger partial charge < -0.3 is 4.90 Å². The molecule has 2 heterocycles. The lowest BCUT2D eigenvalue weighted by Crippen LogP contribution is -2.63. The van der Waals surface area contributed by atoms with Gasteiger partial charge in [0.05, 0.1) is 0 Å². The van der Waals surface area contributed by atoms with E-state index in [4.69, 9.17) is 0 Å². The highest BCUT2D eigenvalue weighted by Crippen LogP contribution is 2.15. The normalized spacial score (nSPS) is 25.8. The molecule has 0 spiro atoms. The average molecular weight is 182 g/mol. The third-order valence-corrected chi connectivity index (χ3v) is 2.91. The number of rotatable bonds is 1. The van der Waals surface area contributed by atoms with E-state index in [1.807, 2.05) is 4.90 Å². The van der Waals surface area contributed by atoms with Crippen molar-refractivity contribution in [3.8, 4) is 0 Å². The molecular formula is C9H16N3O. The Morgan fingerprint density at radius 2 is 1.92 bits per heavy atom. The van der Waals surface area contributed by atoms with Crippen LogP contribution in [0.2, 0.25) is 0 Å². The third-order valence-electron chi connectivity index (χ3n) is 2.91. The summed E-state index contributed by atoms with van der Waals surface area (Å²) in [5.41, 5.74) is 0. The monoisotopic (exact) mass is 182 g/mol. The van der Waals surface area contributed by atoms with Gasteiger partial charge in [-0.2, -0.15) is 0 Å². The lowest BCUT2D eigenvalue weighted by atomic mass is 10.1. The molecule has 2 fully saturated rings. The van der Waals surface area contributed by atoms with Crippen molar-refractivity contribution in [1.82, 2.24) is 15.1 Å². The van der Waals surface area contributed by atoms with E-state index in [2.05, 4.69) is 10.2 Å². The van der Waals surface area contributed by atoms with E-state index in [1.54, 1.807) is 6.92 Å². The minimum atomic E-state index is 0.206. The van der Waals surface area contributed by atoms with Gasteiger partial charge in [-0.3, -0.25) is 9.69 Å². The van der Waals surface area contributed by atoms with Crippen LogP contribution in [-0.4, -0.2) is 61.0 Å². The standard InChI is InChI=1S/C9H16N3O/c1-8(13)12-6-9(7-12)11-4-2-10-3-5-11/h9H,2-7H2,1H3. The lowest BCUT2D eigenvalue weighted by molar-refractivity contribution is -0.136. The predicted molar refractivity (Wildman–Crippen MR) is 49.5 cm³/mol. The highest BCUT2D eigenvalue weighted by molar-refractivity contribution is 5.74. The topological polar surface area (TPSA) is 37.7 Å². The zero-order valence-electron chi connectivity index (χ0n) is 8.07. The molecule has 0 atom stereocenters. The molecule has 0 unspecified atom stereocenters. The molecule has 73 valence electrons. The zero-order chi connectivity index (χ0) is 9.26. The Hall–Kier alpha value is -0.610. The maximum atomic E-state index is 10.9. The molecule has 0 saturated carbocycles. The molecule has 0 aromatic rings. The SMILES string of the molecule is CC(=O)N1CC(N2CC[N]CC2)C1. The Morgan fingerprint density at radius 1 is 1.31 bits per heavy atom. The van der Waals surface area contributed by atoms with Crippen LogP contribution >= 0.6 is 0 Å². The molecule has 2 saturated heterocycles. The first kappa shape index (κ1) is 8.97. The van der Waals surface area contributed by atoms with Gasteiger partial charge in [-0.25, -0.2) is 5.32 Å². The van der Waals surface area contributed by atoms with Gasteiger partial charge in [-0.15, -0.1) is 0 Å². The number of nitrogens with zero attached hydrogens (tertiary/aromatic N) is 3. The molecule has 1 radical (unpaired) electrons. The summed E-state index contributed by atoms with van der Waals surface area (Å²) in [6.45, 7) is 7.59. The second-order valence-corrected chi connectivity index (χ2v) is 3.78. The summed E-state index contributed by atoms with van der Waals surface area (Å²) < 4.78 is 0. The maximum Gasteiger partial charge on any atom is 0.219 e. The number of likely N-dealkylation sites (tertiary alicyclic amines) is 1. The van der Waals surface area contributed by atoms with Gasteiger partial charge in [0.25, 0.3) is 0 Å². The van der Waals surface area contributed by atoms with Crippen molar-refractivity contribution in [2.75, 3.05) is 39.3 Å². The van der Waals surface area contributed by atoms with Crippen molar-refractivity contribution in [3.63, 3.8) is 0 Å². The van der Waals surface area contributed by atoms with Crippen LogP contribution in [0.4, 0.5) is 0 Å². The molecule has 0 bridgehead atoms. The second-order valence-electron chi connectivity index (χ2n) is 3.78. The summed E-state index contributed by atoms with van der Waals surface area (Å²) >= 11 is 0. The Balaban J connectivity index is 1.75. The first-order valence-corrected chi connectivity index (χ1v) is 4.90. The number of carbonyl (C=O) groups is 1. The highest BCUT2D eigenvalue weighted by Gasteiger charge is 2.33. The van der Waals surface area contributed by atoms with Gasteiger partial charge in [-0.1, -0.05) is 0 Å². The molecule has 0 aromatic carbocycles. The minimum absolute atomic E-state index is 0.206. The lowest BCUT2D eigenvalue weighted by Gasteiger charge is -2.46. The van der Waals surface area contributed by atoms with Crippen LogP contribution in [0.5, 0.6) is 0 Å². The maximum absolute atomic E-state index is 10.9. The molecule has 4 heteroatoms. The Kier molecular flexibility index (Phi) is 2.51. The van der Waals surface area contributed by atoms with Crippen molar-refractivity contribution in [2.24, 2.45) is 0 Å². The molecule has 2 rings (SSSR count). The van der Waals surface area contributed by atoms with Crippen LogP contribution in [0.3, 0.4) is 0 Å². The van der Waals surface area contributed by atoms with E-state index in [9.17, 15) is 4.79 Å². The van der Waals surface area contributed by atoms with Gasteiger partial charge in [0.2, 0.25) is 5.91 Å². The molecule has 13 heavy (non-hydrogen) atoms. The summed E-state index contributed by atoms with van der Waals surface area (Å²) in [4.78, 5) is 15.3. The minimum Gasteiger partial charge on any atom is -0.340 e. The van der Waals surface area contributed by atoms with E-state index in [1.165, 1.54) is 0 Å². The summed E-state index contributed by atoms with van der Waals surface area (Å²) in [6, 6.07) is 0.611. The average Bonchev–Trinajstić information content (AvgIpc) is 2.02. The summed E-state index contributed by atoms with van der Waals surface area (Å²) in [5, 5.41) is 4.30. The van der Waals surface area contributed by atoms with Crippen LogP contribution < -0.4 is 5.32 Å². The largest absolute Gasteiger partial charge is 0.340 e.